The Balaban J connectivity index is 1.68. The van der Waals surface area contributed by atoms with Gasteiger partial charge in [-0.2, -0.15) is 0 Å². The number of allylic oxidation sites excluding steroid dienone is 1. The van der Waals surface area contributed by atoms with Crippen LogP contribution in [0, 0.1) is 0 Å². The highest BCUT2D eigenvalue weighted by Gasteiger charge is 2.36. The van der Waals surface area contributed by atoms with Gasteiger partial charge in [-0.15, -0.1) is 6.58 Å². The number of epoxide rings is 1. The van der Waals surface area contributed by atoms with Gasteiger partial charge in [0.15, 0.2) is 0 Å². The van der Waals surface area contributed by atoms with Gasteiger partial charge in [-0.25, -0.2) is 0 Å². The Morgan fingerprint density at radius 1 is 0.536 bits per heavy atom. The molecule has 0 radical (unpaired) electrons. The fourth-order valence-corrected chi connectivity index (χ4v) is 4.39. The zero-order valence-electron chi connectivity index (χ0n) is 19.4. The first-order valence-electron chi connectivity index (χ1n) is 13.1. The van der Waals surface area contributed by atoms with Crippen molar-refractivity contribution in [3.63, 3.8) is 0 Å². The van der Waals surface area contributed by atoms with Gasteiger partial charge in [0.05, 0.1) is 12.2 Å². The van der Waals surface area contributed by atoms with Crippen LogP contribution < -0.4 is 0 Å². The maximum Gasteiger partial charge on any atom is 0.0841 e. The van der Waals surface area contributed by atoms with Crippen molar-refractivity contribution in [3.8, 4) is 0 Å². The SMILES string of the molecule is C=CCCCCCCCCCCCCCCCC1OC1CCCCCCCC. The summed E-state index contributed by atoms with van der Waals surface area (Å²) in [4.78, 5) is 0. The summed E-state index contributed by atoms with van der Waals surface area (Å²) in [6.45, 7) is 6.08. The highest BCUT2D eigenvalue weighted by atomic mass is 16.6. The predicted octanol–water partition coefficient (Wildman–Crippen LogP) is 9.54. The van der Waals surface area contributed by atoms with Crippen LogP contribution in [0.5, 0.6) is 0 Å². The number of rotatable bonds is 23. The zero-order valence-corrected chi connectivity index (χ0v) is 19.4. The van der Waals surface area contributed by atoms with Gasteiger partial charge in [-0.1, -0.05) is 129 Å². The lowest BCUT2D eigenvalue weighted by atomic mass is 10.0. The molecule has 166 valence electrons. The summed E-state index contributed by atoms with van der Waals surface area (Å²) >= 11 is 0. The summed E-state index contributed by atoms with van der Waals surface area (Å²) in [5.74, 6) is 0. The van der Waals surface area contributed by atoms with Crippen molar-refractivity contribution in [2.75, 3.05) is 0 Å². The van der Waals surface area contributed by atoms with E-state index >= 15 is 0 Å². The van der Waals surface area contributed by atoms with Gasteiger partial charge >= 0.3 is 0 Å². The molecule has 1 saturated heterocycles. The molecular weight excluding hydrogens is 340 g/mol. The molecule has 0 N–H and O–H groups in total. The van der Waals surface area contributed by atoms with Crippen molar-refractivity contribution < 1.29 is 4.74 Å². The Bertz CT molecular complexity index is 324. The standard InChI is InChI=1S/C27H52O/c1-3-5-7-9-11-12-13-14-15-16-17-18-19-21-23-25-27-26(28-27)24-22-20-10-8-6-4-2/h3,26-27H,1,4-25H2,2H3. The topological polar surface area (TPSA) is 12.5 Å². The van der Waals surface area contributed by atoms with E-state index in [2.05, 4.69) is 13.5 Å². The molecule has 1 nitrogen and oxygen atoms in total. The first kappa shape index (κ1) is 25.7. The molecule has 0 aromatic heterocycles. The summed E-state index contributed by atoms with van der Waals surface area (Å²) in [6, 6.07) is 0. The minimum atomic E-state index is 0.632. The van der Waals surface area contributed by atoms with Gasteiger partial charge in [0.1, 0.15) is 0 Å². The van der Waals surface area contributed by atoms with E-state index in [0.29, 0.717) is 12.2 Å². The molecule has 0 amide bonds. The monoisotopic (exact) mass is 392 g/mol. The molecule has 1 heteroatoms. The lowest BCUT2D eigenvalue weighted by Gasteiger charge is -2.03. The maximum atomic E-state index is 5.86. The summed E-state index contributed by atoms with van der Waals surface area (Å²) in [5, 5.41) is 0. The van der Waals surface area contributed by atoms with E-state index in [1.54, 1.807) is 0 Å². The Hall–Kier alpha value is -0.300. The molecule has 1 fully saturated rings. The first-order chi connectivity index (χ1) is 13.9. The summed E-state index contributed by atoms with van der Waals surface area (Å²) < 4.78 is 5.86. The molecule has 0 aromatic rings. The third-order valence-corrected chi connectivity index (χ3v) is 6.43. The molecule has 2 unspecified atom stereocenters. The molecule has 1 aliphatic rings. The van der Waals surface area contributed by atoms with Crippen molar-refractivity contribution >= 4 is 0 Å². The fourth-order valence-electron chi connectivity index (χ4n) is 4.39. The molecule has 0 spiro atoms. The summed E-state index contributed by atoms with van der Waals surface area (Å²) in [7, 11) is 0. The second-order valence-corrected chi connectivity index (χ2v) is 9.23. The molecule has 0 saturated carbocycles. The van der Waals surface area contributed by atoms with E-state index < -0.39 is 0 Å². The van der Waals surface area contributed by atoms with E-state index in [1.165, 1.54) is 141 Å². The van der Waals surface area contributed by atoms with E-state index in [1.807, 2.05) is 6.08 Å². The van der Waals surface area contributed by atoms with Crippen molar-refractivity contribution in [1.29, 1.82) is 0 Å². The minimum Gasteiger partial charge on any atom is -0.370 e. The predicted molar refractivity (Wildman–Crippen MR) is 126 cm³/mol. The molecule has 1 heterocycles. The quantitative estimate of drug-likeness (QED) is 0.0957. The van der Waals surface area contributed by atoms with Crippen LogP contribution in [0.15, 0.2) is 12.7 Å². The number of unbranched alkanes of at least 4 members (excludes halogenated alkanes) is 18. The van der Waals surface area contributed by atoms with Gasteiger partial charge in [0, 0.05) is 0 Å². The molecule has 0 aromatic carbocycles. The Morgan fingerprint density at radius 2 is 0.893 bits per heavy atom. The average molecular weight is 393 g/mol. The zero-order chi connectivity index (χ0) is 20.1. The first-order valence-corrected chi connectivity index (χ1v) is 13.1. The number of hydrogen-bond donors (Lipinski definition) is 0. The number of hydrogen-bond acceptors (Lipinski definition) is 1. The van der Waals surface area contributed by atoms with Crippen LogP contribution in [0.3, 0.4) is 0 Å². The third kappa shape index (κ3) is 16.6. The highest BCUT2D eigenvalue weighted by molar-refractivity contribution is 4.84. The average Bonchev–Trinajstić information content (AvgIpc) is 3.45. The van der Waals surface area contributed by atoms with Crippen LogP contribution in [-0.2, 0) is 4.74 Å². The van der Waals surface area contributed by atoms with Crippen LogP contribution in [-0.4, -0.2) is 12.2 Å². The molecular formula is C27H52O. The largest absolute Gasteiger partial charge is 0.370 e. The lowest BCUT2D eigenvalue weighted by Crippen LogP contribution is -1.94. The van der Waals surface area contributed by atoms with E-state index in [4.69, 9.17) is 4.74 Å². The van der Waals surface area contributed by atoms with Gasteiger partial charge in [-0.05, 0) is 25.7 Å². The van der Waals surface area contributed by atoms with Crippen molar-refractivity contribution in [3.05, 3.63) is 12.7 Å². The van der Waals surface area contributed by atoms with Gasteiger partial charge in [0.25, 0.3) is 0 Å². The fraction of sp³-hybridized carbons (Fsp3) is 0.926. The molecule has 2 atom stereocenters. The maximum absolute atomic E-state index is 5.86. The van der Waals surface area contributed by atoms with Crippen LogP contribution in [0.1, 0.15) is 148 Å². The summed E-state index contributed by atoms with van der Waals surface area (Å²) in [6.07, 6.45) is 34.2. The molecule has 0 aliphatic carbocycles. The minimum absolute atomic E-state index is 0.632. The van der Waals surface area contributed by atoms with Crippen LogP contribution in [0.25, 0.3) is 0 Å². The Kier molecular flexibility index (Phi) is 18.4. The van der Waals surface area contributed by atoms with Gasteiger partial charge in [-0.3, -0.25) is 0 Å². The normalized spacial score (nSPS) is 18.5. The second-order valence-electron chi connectivity index (χ2n) is 9.23. The molecule has 28 heavy (non-hydrogen) atoms. The second kappa shape index (κ2) is 20.0. The highest BCUT2D eigenvalue weighted by Crippen LogP contribution is 2.31. The third-order valence-electron chi connectivity index (χ3n) is 6.43. The van der Waals surface area contributed by atoms with Gasteiger partial charge < -0.3 is 4.74 Å². The van der Waals surface area contributed by atoms with Crippen LogP contribution in [0.2, 0.25) is 0 Å². The Morgan fingerprint density at radius 3 is 1.29 bits per heavy atom. The van der Waals surface area contributed by atoms with Crippen molar-refractivity contribution in [1.82, 2.24) is 0 Å². The Labute approximate surface area is 178 Å². The van der Waals surface area contributed by atoms with E-state index in [9.17, 15) is 0 Å². The molecule has 0 bridgehead atoms. The smallest absolute Gasteiger partial charge is 0.0841 e. The van der Waals surface area contributed by atoms with Crippen LogP contribution >= 0.6 is 0 Å². The molecule has 1 aliphatic heterocycles. The molecule has 1 rings (SSSR count). The van der Waals surface area contributed by atoms with Crippen molar-refractivity contribution in [2.45, 2.75) is 160 Å². The lowest BCUT2D eigenvalue weighted by molar-refractivity contribution is 0.347. The summed E-state index contributed by atoms with van der Waals surface area (Å²) in [5.41, 5.74) is 0. The van der Waals surface area contributed by atoms with Crippen molar-refractivity contribution in [2.24, 2.45) is 0 Å². The number of ether oxygens (including phenoxy) is 1. The van der Waals surface area contributed by atoms with E-state index in [-0.39, 0.29) is 0 Å². The van der Waals surface area contributed by atoms with E-state index in [0.717, 1.165) is 0 Å². The van der Waals surface area contributed by atoms with Gasteiger partial charge in [0.2, 0.25) is 0 Å². The van der Waals surface area contributed by atoms with Crippen LogP contribution in [0.4, 0.5) is 0 Å².